The van der Waals surface area contributed by atoms with Crippen LogP contribution in [0.5, 0.6) is 5.75 Å². The van der Waals surface area contributed by atoms with E-state index in [1.165, 1.54) is 12.1 Å². The van der Waals surface area contributed by atoms with Crippen LogP contribution in [0.15, 0.2) is 52.4 Å². The first-order valence-corrected chi connectivity index (χ1v) is 8.14. The van der Waals surface area contributed by atoms with Crippen molar-refractivity contribution in [2.45, 2.75) is 11.9 Å². The minimum Gasteiger partial charge on any atom is -0.473 e. The van der Waals surface area contributed by atoms with E-state index in [2.05, 4.69) is 9.98 Å². The normalized spacial score (nSPS) is 18.4. The van der Waals surface area contributed by atoms with E-state index in [1.54, 1.807) is 6.07 Å². The van der Waals surface area contributed by atoms with Gasteiger partial charge in [-0.15, -0.1) is 0 Å². The molecule has 0 saturated heterocycles. The summed E-state index contributed by atoms with van der Waals surface area (Å²) in [5, 5.41) is 0.260. The van der Waals surface area contributed by atoms with Gasteiger partial charge in [-0.2, -0.15) is 4.99 Å². The van der Waals surface area contributed by atoms with Crippen LogP contribution in [0.25, 0.3) is 0 Å². The number of ether oxygens (including phenoxy) is 1. The van der Waals surface area contributed by atoms with E-state index in [1.807, 2.05) is 18.2 Å². The Balaban J connectivity index is 1.58. The molecule has 0 N–H and O–H groups in total. The molecule has 0 fully saturated rings. The highest BCUT2D eigenvalue weighted by Crippen LogP contribution is 2.32. The maximum Gasteiger partial charge on any atom is 0.295 e. The largest absolute Gasteiger partial charge is 0.473 e. The van der Waals surface area contributed by atoms with Gasteiger partial charge in [0.25, 0.3) is 5.91 Å². The highest BCUT2D eigenvalue weighted by Gasteiger charge is 2.38. The third-order valence-corrected chi connectivity index (χ3v) is 4.51. The number of hydrogen-bond acceptors (Lipinski definition) is 4. The van der Waals surface area contributed by atoms with Gasteiger partial charge in [0.15, 0.2) is 5.17 Å². The Morgan fingerprint density at radius 2 is 1.83 bits per heavy atom. The zero-order chi connectivity index (χ0) is 16.7. The zero-order valence-corrected chi connectivity index (χ0v) is 13.0. The molecule has 1 atom stereocenters. The minimum atomic E-state index is -0.807. The molecule has 2 heterocycles. The number of hydrogen-bond donors (Lipinski definition) is 0. The van der Waals surface area contributed by atoms with Crippen LogP contribution in [-0.2, 0) is 10.5 Å². The molecule has 7 heteroatoms. The summed E-state index contributed by atoms with van der Waals surface area (Å²) < 4.78 is 32.0. The average molecular weight is 344 g/mol. The lowest BCUT2D eigenvalue weighted by Crippen LogP contribution is -2.34. The number of thioether (sulfide) groups is 1. The van der Waals surface area contributed by atoms with Crippen LogP contribution in [0, 0.1) is 11.6 Å². The van der Waals surface area contributed by atoms with Crippen molar-refractivity contribution in [3.8, 4) is 5.75 Å². The van der Waals surface area contributed by atoms with Crippen LogP contribution >= 0.6 is 11.8 Å². The molecule has 2 aromatic carbocycles. The Kier molecular flexibility index (Phi) is 3.65. The highest BCUT2D eigenvalue weighted by atomic mass is 32.2. The summed E-state index contributed by atoms with van der Waals surface area (Å²) >= 11 is 1.15. The van der Waals surface area contributed by atoms with Crippen molar-refractivity contribution < 1.29 is 18.3 Å². The molecule has 2 aliphatic heterocycles. The number of aliphatic imine (C=N–C) groups is 2. The zero-order valence-electron chi connectivity index (χ0n) is 12.2. The van der Waals surface area contributed by atoms with Gasteiger partial charge < -0.3 is 4.74 Å². The SMILES string of the molecule is O=C1N=C(SCc2cc(F)cc(F)c2)N=C2c3ccccc3OC12. The fraction of sp³-hybridized carbons (Fsp3) is 0.118. The number of carbonyl (C=O) groups excluding carboxylic acids is 1. The molecule has 0 aromatic heterocycles. The average Bonchev–Trinajstić information content (AvgIpc) is 2.92. The number of fused-ring (bicyclic) bond motifs is 3. The van der Waals surface area contributed by atoms with Crippen LogP contribution in [0.1, 0.15) is 11.1 Å². The second-order valence-corrected chi connectivity index (χ2v) is 6.23. The van der Waals surface area contributed by atoms with Gasteiger partial charge in [-0.05, 0) is 29.8 Å². The molecule has 1 unspecified atom stereocenters. The van der Waals surface area contributed by atoms with E-state index < -0.39 is 23.6 Å². The van der Waals surface area contributed by atoms with E-state index in [0.29, 0.717) is 17.0 Å². The van der Waals surface area contributed by atoms with Gasteiger partial charge in [-0.3, -0.25) is 4.79 Å². The number of amides is 1. The van der Waals surface area contributed by atoms with Crippen molar-refractivity contribution >= 4 is 28.5 Å². The number of para-hydroxylation sites is 1. The molecule has 4 nitrogen and oxygen atoms in total. The van der Waals surface area contributed by atoms with Crippen molar-refractivity contribution in [2.75, 3.05) is 0 Å². The maximum atomic E-state index is 13.2. The third kappa shape index (κ3) is 2.71. The Morgan fingerprint density at radius 1 is 1.08 bits per heavy atom. The lowest BCUT2D eigenvalue weighted by atomic mass is 10.1. The van der Waals surface area contributed by atoms with Gasteiger partial charge in [0, 0.05) is 17.4 Å². The smallest absolute Gasteiger partial charge is 0.295 e. The molecule has 2 aromatic rings. The molecule has 0 radical (unpaired) electrons. The highest BCUT2D eigenvalue weighted by molar-refractivity contribution is 8.13. The Bertz CT molecular complexity index is 891. The molecule has 4 rings (SSSR count). The van der Waals surface area contributed by atoms with E-state index in [9.17, 15) is 13.6 Å². The molecular weight excluding hydrogens is 334 g/mol. The first-order valence-electron chi connectivity index (χ1n) is 7.15. The first kappa shape index (κ1) is 15.0. The summed E-state index contributed by atoms with van der Waals surface area (Å²) in [6.45, 7) is 0. The van der Waals surface area contributed by atoms with Crippen molar-refractivity contribution in [2.24, 2.45) is 9.98 Å². The second-order valence-electron chi connectivity index (χ2n) is 5.29. The van der Waals surface area contributed by atoms with Crippen molar-refractivity contribution in [3.05, 3.63) is 65.2 Å². The van der Waals surface area contributed by atoms with Gasteiger partial charge in [0.1, 0.15) is 23.1 Å². The second kappa shape index (κ2) is 5.83. The monoisotopic (exact) mass is 344 g/mol. The fourth-order valence-electron chi connectivity index (χ4n) is 2.58. The molecule has 1 amide bonds. The summed E-state index contributed by atoms with van der Waals surface area (Å²) in [5.41, 5.74) is 1.75. The quantitative estimate of drug-likeness (QED) is 0.840. The lowest BCUT2D eigenvalue weighted by molar-refractivity contribution is -0.121. The number of carbonyl (C=O) groups is 1. The Hall–Kier alpha value is -2.54. The fourth-order valence-corrected chi connectivity index (χ4v) is 3.36. The van der Waals surface area contributed by atoms with Gasteiger partial charge in [0.05, 0.1) is 0 Å². The predicted octanol–water partition coefficient (Wildman–Crippen LogP) is 3.34. The minimum absolute atomic E-state index is 0.255. The predicted molar refractivity (Wildman–Crippen MR) is 87.5 cm³/mol. The maximum absolute atomic E-state index is 13.2. The molecule has 24 heavy (non-hydrogen) atoms. The van der Waals surface area contributed by atoms with Crippen LogP contribution in [0.3, 0.4) is 0 Å². The van der Waals surface area contributed by atoms with Crippen molar-refractivity contribution in [1.29, 1.82) is 0 Å². The first-order chi connectivity index (χ1) is 11.6. The molecule has 0 bridgehead atoms. The molecular formula is C17H10F2N2O2S. The van der Waals surface area contributed by atoms with E-state index in [0.717, 1.165) is 23.4 Å². The standard InChI is InChI=1S/C17H10F2N2O2S/c18-10-5-9(6-11(19)7-10)8-24-17-20-14-12-3-1-2-4-13(12)23-15(14)16(22)21-17/h1-7,15H,8H2. The summed E-state index contributed by atoms with van der Waals surface area (Å²) in [5.74, 6) is -0.856. The topological polar surface area (TPSA) is 51.0 Å². The van der Waals surface area contributed by atoms with Gasteiger partial charge >= 0.3 is 0 Å². The Labute approximate surface area is 140 Å². The summed E-state index contributed by atoms with van der Waals surface area (Å²) in [6, 6.07) is 10.6. The number of amidine groups is 1. The van der Waals surface area contributed by atoms with Gasteiger partial charge in [0.2, 0.25) is 6.10 Å². The molecule has 0 saturated carbocycles. The summed E-state index contributed by atoms with van der Waals surface area (Å²) in [6.07, 6.45) is -0.807. The number of rotatable bonds is 2. The van der Waals surface area contributed by atoms with E-state index in [-0.39, 0.29) is 10.9 Å². The van der Waals surface area contributed by atoms with Crippen LogP contribution in [0.4, 0.5) is 8.78 Å². The molecule has 0 aliphatic carbocycles. The number of nitrogens with zero attached hydrogens (tertiary/aromatic N) is 2. The number of benzene rings is 2. The van der Waals surface area contributed by atoms with Crippen LogP contribution < -0.4 is 4.74 Å². The lowest BCUT2D eigenvalue weighted by Gasteiger charge is -2.13. The third-order valence-electron chi connectivity index (χ3n) is 3.59. The van der Waals surface area contributed by atoms with Crippen LogP contribution in [0.2, 0.25) is 0 Å². The summed E-state index contributed by atoms with van der Waals surface area (Å²) in [4.78, 5) is 20.4. The van der Waals surface area contributed by atoms with Crippen molar-refractivity contribution in [3.63, 3.8) is 0 Å². The van der Waals surface area contributed by atoms with Crippen LogP contribution in [-0.4, -0.2) is 22.9 Å². The van der Waals surface area contributed by atoms with Gasteiger partial charge in [-0.25, -0.2) is 13.8 Å². The Morgan fingerprint density at radius 3 is 2.62 bits per heavy atom. The summed E-state index contributed by atoms with van der Waals surface area (Å²) in [7, 11) is 0. The van der Waals surface area contributed by atoms with E-state index in [4.69, 9.17) is 4.74 Å². The van der Waals surface area contributed by atoms with Gasteiger partial charge in [-0.1, -0.05) is 23.9 Å². The number of halogens is 2. The van der Waals surface area contributed by atoms with Crippen molar-refractivity contribution in [1.82, 2.24) is 0 Å². The molecule has 2 aliphatic rings. The molecule has 120 valence electrons. The van der Waals surface area contributed by atoms with E-state index >= 15 is 0 Å². The molecule has 0 spiro atoms.